The fourth-order valence-electron chi connectivity index (χ4n) is 0.830. The van der Waals surface area contributed by atoms with Crippen LogP contribution in [0.1, 0.15) is 13.3 Å². The Bertz CT molecular complexity index is 176. The molecular weight excluding hydrogens is 112 g/mol. The molecule has 48 valence electrons. The number of terminal acetylenes is 1. The summed E-state index contributed by atoms with van der Waals surface area (Å²) in [5.41, 5.74) is 0.866. The Kier molecular flexibility index (Phi) is 1.44. The van der Waals surface area contributed by atoms with E-state index in [1.165, 1.54) is 0 Å². The van der Waals surface area contributed by atoms with Crippen LogP contribution in [0, 0.1) is 12.3 Å². The third kappa shape index (κ3) is 1.05. The van der Waals surface area contributed by atoms with Gasteiger partial charge in [-0.2, -0.15) is 5.10 Å². The van der Waals surface area contributed by atoms with Crippen LogP contribution in [-0.4, -0.2) is 23.8 Å². The fraction of sp³-hybridized carbons (Fsp3) is 0.571. The maximum atomic E-state index is 5.15. The van der Waals surface area contributed by atoms with E-state index >= 15 is 0 Å². The van der Waals surface area contributed by atoms with E-state index in [0.29, 0.717) is 6.04 Å². The molecule has 0 fully saturated rings. The van der Waals surface area contributed by atoms with Crippen molar-refractivity contribution in [1.29, 1.82) is 0 Å². The van der Waals surface area contributed by atoms with Gasteiger partial charge in [-0.1, -0.05) is 5.92 Å². The van der Waals surface area contributed by atoms with E-state index in [2.05, 4.69) is 17.9 Å². The summed E-state index contributed by atoms with van der Waals surface area (Å²) < 4.78 is 0. The van der Waals surface area contributed by atoms with Gasteiger partial charge < -0.3 is 0 Å². The normalized spacial score (nSPS) is 25.7. The van der Waals surface area contributed by atoms with Gasteiger partial charge in [-0.05, 0) is 6.92 Å². The average molecular weight is 122 g/mol. The Hall–Kier alpha value is -0.970. The molecule has 1 aliphatic rings. The van der Waals surface area contributed by atoms with Crippen molar-refractivity contribution in [1.82, 2.24) is 5.01 Å². The first-order valence-corrected chi connectivity index (χ1v) is 3.01. The maximum Gasteiger partial charge on any atom is 0.112 e. The monoisotopic (exact) mass is 122 g/mol. The minimum atomic E-state index is 0.482. The van der Waals surface area contributed by atoms with Gasteiger partial charge >= 0.3 is 0 Å². The van der Waals surface area contributed by atoms with Crippen molar-refractivity contribution in [2.75, 3.05) is 7.05 Å². The highest BCUT2D eigenvalue weighted by atomic mass is 15.5. The van der Waals surface area contributed by atoms with Crippen LogP contribution in [0.15, 0.2) is 5.10 Å². The molecular formula is C7H10N2. The number of nitrogens with zero attached hydrogens (tertiary/aromatic N) is 2. The Morgan fingerprint density at radius 3 is 2.78 bits per heavy atom. The summed E-state index contributed by atoms with van der Waals surface area (Å²) in [7, 11) is 1.94. The lowest BCUT2D eigenvalue weighted by molar-refractivity contribution is 0.303. The third-order valence-electron chi connectivity index (χ3n) is 1.57. The van der Waals surface area contributed by atoms with Gasteiger partial charge in [0, 0.05) is 13.5 Å². The van der Waals surface area contributed by atoms with Crippen molar-refractivity contribution >= 4 is 5.71 Å². The Labute approximate surface area is 55.5 Å². The summed E-state index contributed by atoms with van der Waals surface area (Å²) in [5, 5.41) is 6.00. The zero-order valence-corrected chi connectivity index (χ0v) is 5.76. The molecule has 0 saturated heterocycles. The second-order valence-electron chi connectivity index (χ2n) is 2.32. The van der Waals surface area contributed by atoms with Crippen LogP contribution in [0.5, 0.6) is 0 Å². The predicted molar refractivity (Wildman–Crippen MR) is 38.1 cm³/mol. The Balaban J connectivity index is 2.65. The highest BCUT2D eigenvalue weighted by molar-refractivity contribution is 6.00. The van der Waals surface area contributed by atoms with Crippen molar-refractivity contribution in [3.63, 3.8) is 0 Å². The first kappa shape index (κ1) is 6.15. The maximum absolute atomic E-state index is 5.15. The smallest absolute Gasteiger partial charge is 0.112 e. The van der Waals surface area contributed by atoms with Crippen molar-refractivity contribution in [2.24, 2.45) is 5.10 Å². The molecule has 0 aromatic heterocycles. The lowest BCUT2D eigenvalue weighted by Gasteiger charge is -2.11. The molecule has 1 rings (SSSR count). The van der Waals surface area contributed by atoms with E-state index < -0.39 is 0 Å². The van der Waals surface area contributed by atoms with E-state index in [-0.39, 0.29) is 0 Å². The molecule has 0 aromatic carbocycles. The zero-order valence-electron chi connectivity index (χ0n) is 5.76. The third-order valence-corrected chi connectivity index (χ3v) is 1.57. The molecule has 2 nitrogen and oxygen atoms in total. The van der Waals surface area contributed by atoms with E-state index in [4.69, 9.17) is 6.42 Å². The second-order valence-corrected chi connectivity index (χ2v) is 2.32. The van der Waals surface area contributed by atoms with Gasteiger partial charge in [-0.3, -0.25) is 5.01 Å². The van der Waals surface area contributed by atoms with Crippen molar-refractivity contribution in [2.45, 2.75) is 19.4 Å². The van der Waals surface area contributed by atoms with Gasteiger partial charge in [-0.25, -0.2) is 0 Å². The summed E-state index contributed by atoms with van der Waals surface area (Å²) in [4.78, 5) is 0. The minimum absolute atomic E-state index is 0.482. The molecule has 0 N–H and O–H groups in total. The van der Waals surface area contributed by atoms with Gasteiger partial charge in [0.25, 0.3) is 0 Å². The predicted octanol–water partition coefficient (Wildman–Crippen LogP) is 0.700. The largest absolute Gasteiger partial charge is 0.296 e. The minimum Gasteiger partial charge on any atom is -0.296 e. The quantitative estimate of drug-likeness (QED) is 0.432. The van der Waals surface area contributed by atoms with E-state index in [0.717, 1.165) is 12.1 Å². The summed E-state index contributed by atoms with van der Waals surface area (Å²) in [5.74, 6) is 2.53. The fourth-order valence-corrected chi connectivity index (χ4v) is 0.830. The van der Waals surface area contributed by atoms with Crippen LogP contribution in [-0.2, 0) is 0 Å². The topological polar surface area (TPSA) is 15.6 Å². The molecule has 9 heavy (non-hydrogen) atoms. The molecule has 0 aliphatic carbocycles. The van der Waals surface area contributed by atoms with Gasteiger partial charge in [0.15, 0.2) is 0 Å². The molecule has 0 amide bonds. The van der Waals surface area contributed by atoms with Gasteiger partial charge in [0.05, 0.1) is 6.04 Å². The SMILES string of the molecule is C#CC1=NN(C)C(C)C1. The van der Waals surface area contributed by atoms with Gasteiger partial charge in [0.1, 0.15) is 5.71 Å². The van der Waals surface area contributed by atoms with Crippen LogP contribution in [0.25, 0.3) is 0 Å². The number of rotatable bonds is 0. The standard InChI is InChI=1S/C7H10N2/c1-4-7-5-6(2)9(3)8-7/h1,6H,5H2,2-3H3. The molecule has 1 aliphatic heterocycles. The molecule has 0 spiro atoms. The first-order valence-electron chi connectivity index (χ1n) is 3.01. The van der Waals surface area contributed by atoms with Crippen molar-refractivity contribution < 1.29 is 0 Å². The summed E-state index contributed by atoms with van der Waals surface area (Å²) in [6.45, 7) is 2.10. The zero-order chi connectivity index (χ0) is 6.85. The second kappa shape index (κ2) is 2.10. The van der Waals surface area contributed by atoms with Crippen LogP contribution >= 0.6 is 0 Å². The molecule has 0 aromatic rings. The molecule has 0 bridgehead atoms. The molecule has 0 saturated carbocycles. The molecule has 1 unspecified atom stereocenters. The number of hydrogen-bond acceptors (Lipinski definition) is 2. The van der Waals surface area contributed by atoms with Crippen LogP contribution in [0.2, 0.25) is 0 Å². The van der Waals surface area contributed by atoms with Crippen LogP contribution in [0.4, 0.5) is 0 Å². The summed E-state index contributed by atoms with van der Waals surface area (Å²) in [6.07, 6.45) is 6.07. The number of hydrogen-bond donors (Lipinski definition) is 0. The first-order chi connectivity index (χ1) is 4.24. The summed E-state index contributed by atoms with van der Waals surface area (Å²) >= 11 is 0. The highest BCUT2D eigenvalue weighted by Crippen LogP contribution is 2.10. The van der Waals surface area contributed by atoms with Crippen molar-refractivity contribution in [3.8, 4) is 12.3 Å². The van der Waals surface area contributed by atoms with E-state index in [1.54, 1.807) is 0 Å². The van der Waals surface area contributed by atoms with Crippen LogP contribution in [0.3, 0.4) is 0 Å². The molecule has 1 heterocycles. The van der Waals surface area contributed by atoms with Crippen molar-refractivity contribution in [3.05, 3.63) is 0 Å². The highest BCUT2D eigenvalue weighted by Gasteiger charge is 2.16. The molecule has 0 radical (unpaired) electrons. The average Bonchev–Trinajstić information content (AvgIpc) is 2.13. The molecule has 1 atom stereocenters. The Morgan fingerprint density at radius 2 is 2.56 bits per heavy atom. The van der Waals surface area contributed by atoms with Gasteiger partial charge in [-0.15, -0.1) is 6.42 Å². The molecule has 2 heteroatoms. The van der Waals surface area contributed by atoms with E-state index in [9.17, 15) is 0 Å². The number of hydrazone groups is 1. The Morgan fingerprint density at radius 1 is 1.89 bits per heavy atom. The van der Waals surface area contributed by atoms with Crippen LogP contribution < -0.4 is 0 Å². The summed E-state index contributed by atoms with van der Waals surface area (Å²) in [6, 6.07) is 0.482. The lowest BCUT2D eigenvalue weighted by Crippen LogP contribution is -2.17. The van der Waals surface area contributed by atoms with E-state index in [1.807, 2.05) is 12.1 Å². The van der Waals surface area contributed by atoms with Gasteiger partial charge in [0.2, 0.25) is 0 Å². The lowest BCUT2D eigenvalue weighted by atomic mass is 10.2.